The Kier molecular flexibility index (Phi) is 5.22. The number of imidazole rings is 1. The van der Waals surface area contributed by atoms with Crippen LogP contribution in [0.2, 0.25) is 0 Å². The molecular formula is C16H30N4. The van der Waals surface area contributed by atoms with Gasteiger partial charge in [-0.15, -0.1) is 0 Å². The quantitative estimate of drug-likeness (QED) is 0.867. The Morgan fingerprint density at radius 3 is 2.70 bits per heavy atom. The zero-order chi connectivity index (χ0) is 14.6. The van der Waals surface area contributed by atoms with E-state index in [0.29, 0.717) is 11.3 Å². The lowest BCUT2D eigenvalue weighted by Gasteiger charge is -2.38. The van der Waals surface area contributed by atoms with E-state index in [1.54, 1.807) is 0 Å². The molecule has 1 aliphatic heterocycles. The molecule has 2 rings (SSSR count). The summed E-state index contributed by atoms with van der Waals surface area (Å²) >= 11 is 0. The van der Waals surface area contributed by atoms with Gasteiger partial charge in [0.25, 0.3) is 0 Å². The van der Waals surface area contributed by atoms with Crippen LogP contribution in [0.1, 0.15) is 39.3 Å². The standard InChI is InChI=1S/C16H30N4/c1-14(2)9-17-10-15-11-18-13-20(15)12-16(3)5-7-19(4)8-6-16/h11,13-14,17H,5-10,12H2,1-4H3. The van der Waals surface area contributed by atoms with Gasteiger partial charge in [0.2, 0.25) is 0 Å². The van der Waals surface area contributed by atoms with Crippen LogP contribution < -0.4 is 5.32 Å². The second kappa shape index (κ2) is 6.72. The first-order valence-corrected chi connectivity index (χ1v) is 7.87. The molecule has 0 atom stereocenters. The van der Waals surface area contributed by atoms with Crippen molar-refractivity contribution in [3.8, 4) is 0 Å². The lowest BCUT2D eigenvalue weighted by Crippen LogP contribution is -2.38. The molecule has 0 amide bonds. The Hall–Kier alpha value is -0.870. The van der Waals surface area contributed by atoms with Crippen molar-refractivity contribution in [1.29, 1.82) is 0 Å². The van der Waals surface area contributed by atoms with Gasteiger partial charge in [-0.1, -0.05) is 20.8 Å². The maximum Gasteiger partial charge on any atom is 0.0948 e. The highest BCUT2D eigenvalue weighted by atomic mass is 15.1. The normalized spacial score (nSPS) is 19.6. The summed E-state index contributed by atoms with van der Waals surface area (Å²) < 4.78 is 2.35. The van der Waals surface area contributed by atoms with E-state index < -0.39 is 0 Å². The van der Waals surface area contributed by atoms with E-state index in [-0.39, 0.29) is 0 Å². The van der Waals surface area contributed by atoms with Gasteiger partial charge in [-0.25, -0.2) is 4.98 Å². The summed E-state index contributed by atoms with van der Waals surface area (Å²) in [4.78, 5) is 6.78. The molecule has 0 radical (unpaired) electrons. The van der Waals surface area contributed by atoms with Crippen molar-refractivity contribution in [2.75, 3.05) is 26.7 Å². The highest BCUT2D eigenvalue weighted by Gasteiger charge is 2.29. The zero-order valence-electron chi connectivity index (χ0n) is 13.5. The van der Waals surface area contributed by atoms with E-state index in [0.717, 1.165) is 19.6 Å². The maximum atomic E-state index is 4.34. The molecule has 1 saturated heterocycles. The van der Waals surface area contributed by atoms with Crippen LogP contribution in [0.3, 0.4) is 0 Å². The van der Waals surface area contributed by atoms with Gasteiger partial charge in [-0.2, -0.15) is 0 Å². The predicted molar refractivity (Wildman–Crippen MR) is 83.6 cm³/mol. The number of rotatable bonds is 6. The predicted octanol–water partition coefficient (Wildman–Crippen LogP) is 2.36. The highest BCUT2D eigenvalue weighted by Crippen LogP contribution is 2.32. The topological polar surface area (TPSA) is 33.1 Å². The van der Waals surface area contributed by atoms with Crippen LogP contribution in [-0.2, 0) is 13.1 Å². The summed E-state index contributed by atoms with van der Waals surface area (Å²) in [6.45, 7) is 12.4. The van der Waals surface area contributed by atoms with Gasteiger partial charge in [0.15, 0.2) is 0 Å². The number of piperidine rings is 1. The van der Waals surface area contributed by atoms with Crippen molar-refractivity contribution < 1.29 is 0 Å². The highest BCUT2D eigenvalue weighted by molar-refractivity contribution is 4.99. The monoisotopic (exact) mass is 278 g/mol. The Morgan fingerprint density at radius 1 is 1.35 bits per heavy atom. The summed E-state index contributed by atoms with van der Waals surface area (Å²) in [5.41, 5.74) is 1.73. The summed E-state index contributed by atoms with van der Waals surface area (Å²) in [5, 5.41) is 3.52. The van der Waals surface area contributed by atoms with E-state index in [4.69, 9.17) is 0 Å². The van der Waals surface area contributed by atoms with Gasteiger partial charge in [0.1, 0.15) is 0 Å². The number of aromatic nitrogens is 2. The molecule has 0 spiro atoms. The maximum absolute atomic E-state index is 4.34. The Morgan fingerprint density at radius 2 is 2.05 bits per heavy atom. The molecule has 0 bridgehead atoms. The second-order valence-corrected chi connectivity index (χ2v) is 7.15. The van der Waals surface area contributed by atoms with Gasteiger partial charge in [-0.05, 0) is 50.9 Å². The first-order valence-electron chi connectivity index (χ1n) is 7.87. The van der Waals surface area contributed by atoms with Crippen LogP contribution >= 0.6 is 0 Å². The molecule has 0 aromatic carbocycles. The molecule has 20 heavy (non-hydrogen) atoms. The van der Waals surface area contributed by atoms with Crippen LogP contribution in [0.25, 0.3) is 0 Å². The van der Waals surface area contributed by atoms with Crippen molar-refractivity contribution in [3.63, 3.8) is 0 Å². The van der Waals surface area contributed by atoms with Crippen LogP contribution in [-0.4, -0.2) is 41.1 Å². The lowest BCUT2D eigenvalue weighted by atomic mass is 9.80. The minimum absolute atomic E-state index is 0.417. The average Bonchev–Trinajstić information content (AvgIpc) is 2.80. The average molecular weight is 278 g/mol. The molecule has 1 N–H and O–H groups in total. The molecule has 4 heteroatoms. The van der Waals surface area contributed by atoms with Crippen molar-refractivity contribution in [3.05, 3.63) is 18.2 Å². The van der Waals surface area contributed by atoms with Gasteiger partial charge in [0, 0.05) is 19.3 Å². The van der Waals surface area contributed by atoms with E-state index in [2.05, 4.69) is 47.6 Å². The summed E-state index contributed by atoms with van der Waals surface area (Å²) in [6, 6.07) is 0. The fourth-order valence-corrected chi connectivity index (χ4v) is 2.85. The Labute approximate surface area is 123 Å². The Bertz CT molecular complexity index is 402. The molecule has 0 unspecified atom stereocenters. The van der Waals surface area contributed by atoms with Crippen molar-refractivity contribution >= 4 is 0 Å². The van der Waals surface area contributed by atoms with Crippen molar-refractivity contribution in [2.45, 2.75) is 46.7 Å². The van der Waals surface area contributed by atoms with E-state index in [1.807, 2.05) is 12.5 Å². The van der Waals surface area contributed by atoms with Gasteiger partial charge in [-0.3, -0.25) is 0 Å². The molecule has 1 fully saturated rings. The fraction of sp³-hybridized carbons (Fsp3) is 0.812. The molecule has 2 heterocycles. The third kappa shape index (κ3) is 4.32. The largest absolute Gasteiger partial charge is 0.333 e. The SMILES string of the molecule is CC(C)CNCc1cncn1CC1(C)CCN(C)CC1. The third-order valence-corrected chi connectivity index (χ3v) is 4.40. The van der Waals surface area contributed by atoms with Crippen LogP contribution in [0, 0.1) is 11.3 Å². The van der Waals surface area contributed by atoms with Gasteiger partial charge in [0.05, 0.1) is 12.0 Å². The van der Waals surface area contributed by atoms with Gasteiger partial charge < -0.3 is 14.8 Å². The molecular weight excluding hydrogens is 248 g/mol. The lowest BCUT2D eigenvalue weighted by molar-refractivity contribution is 0.119. The molecule has 0 aliphatic carbocycles. The first kappa shape index (κ1) is 15.5. The van der Waals surface area contributed by atoms with E-state index in [1.165, 1.54) is 31.6 Å². The smallest absolute Gasteiger partial charge is 0.0948 e. The summed E-state index contributed by atoms with van der Waals surface area (Å²) in [5.74, 6) is 0.692. The number of hydrogen-bond donors (Lipinski definition) is 1. The number of nitrogens with one attached hydrogen (secondary N) is 1. The fourth-order valence-electron chi connectivity index (χ4n) is 2.85. The van der Waals surface area contributed by atoms with Crippen LogP contribution in [0.15, 0.2) is 12.5 Å². The van der Waals surface area contributed by atoms with Crippen LogP contribution in [0.4, 0.5) is 0 Å². The second-order valence-electron chi connectivity index (χ2n) is 7.15. The van der Waals surface area contributed by atoms with Crippen molar-refractivity contribution in [2.24, 2.45) is 11.3 Å². The summed E-state index contributed by atoms with van der Waals surface area (Å²) in [7, 11) is 2.22. The molecule has 1 aliphatic rings. The zero-order valence-corrected chi connectivity index (χ0v) is 13.5. The van der Waals surface area contributed by atoms with Crippen molar-refractivity contribution in [1.82, 2.24) is 19.8 Å². The van der Waals surface area contributed by atoms with Crippen LogP contribution in [0.5, 0.6) is 0 Å². The number of nitrogens with zero attached hydrogens (tertiary/aromatic N) is 3. The minimum Gasteiger partial charge on any atom is -0.333 e. The Balaban J connectivity index is 1.91. The third-order valence-electron chi connectivity index (χ3n) is 4.40. The number of likely N-dealkylation sites (tertiary alicyclic amines) is 1. The molecule has 4 nitrogen and oxygen atoms in total. The first-order chi connectivity index (χ1) is 9.48. The van der Waals surface area contributed by atoms with E-state index >= 15 is 0 Å². The summed E-state index contributed by atoms with van der Waals surface area (Å²) in [6.07, 6.45) is 6.56. The number of hydrogen-bond acceptors (Lipinski definition) is 3. The molecule has 0 saturated carbocycles. The minimum atomic E-state index is 0.417. The van der Waals surface area contributed by atoms with Gasteiger partial charge >= 0.3 is 0 Å². The van der Waals surface area contributed by atoms with E-state index in [9.17, 15) is 0 Å². The molecule has 114 valence electrons. The molecule has 1 aromatic rings. The molecule has 1 aromatic heterocycles.